The van der Waals surface area contributed by atoms with Crippen LogP contribution in [0.5, 0.6) is 0 Å². The summed E-state index contributed by atoms with van der Waals surface area (Å²) >= 11 is 5.28. The second-order valence-corrected chi connectivity index (χ2v) is 7.05. The molecule has 10 heteroatoms. The third kappa shape index (κ3) is 6.13. The maximum absolute atomic E-state index is 12.3. The first-order chi connectivity index (χ1) is 14.0. The van der Waals surface area contributed by atoms with Gasteiger partial charge in [-0.3, -0.25) is 19.7 Å². The second kappa shape index (κ2) is 10.2. The fourth-order valence-corrected chi connectivity index (χ4v) is 3.42. The molecule has 156 valence electrons. The summed E-state index contributed by atoms with van der Waals surface area (Å²) in [6.07, 6.45) is 5.82. The van der Waals surface area contributed by atoms with Gasteiger partial charge in [0.1, 0.15) is 18.4 Å². The molecule has 0 aromatic carbocycles. The maximum Gasteiger partial charge on any atom is 0.308 e. The summed E-state index contributed by atoms with van der Waals surface area (Å²) in [5.41, 5.74) is 0. The molecular formula is C19H23N3O6S. The highest BCUT2D eigenvalue weighted by Crippen LogP contribution is 2.14. The Morgan fingerprint density at radius 3 is 3.03 bits per heavy atom. The number of furan rings is 1. The monoisotopic (exact) mass is 421 g/mol. The van der Waals surface area contributed by atoms with Crippen molar-refractivity contribution in [2.75, 3.05) is 26.3 Å². The summed E-state index contributed by atoms with van der Waals surface area (Å²) in [5.74, 6) is -0.792. The molecule has 2 atom stereocenters. The molecule has 0 saturated carbocycles. The van der Waals surface area contributed by atoms with Gasteiger partial charge >= 0.3 is 5.97 Å². The highest BCUT2D eigenvalue weighted by Gasteiger charge is 2.34. The second-order valence-electron chi connectivity index (χ2n) is 6.67. The van der Waals surface area contributed by atoms with Crippen molar-refractivity contribution in [3.63, 3.8) is 0 Å². The smallest absolute Gasteiger partial charge is 0.308 e. The van der Waals surface area contributed by atoms with Crippen LogP contribution in [0.25, 0.3) is 6.08 Å². The van der Waals surface area contributed by atoms with Crippen LogP contribution in [0.3, 0.4) is 0 Å². The van der Waals surface area contributed by atoms with Gasteiger partial charge < -0.3 is 24.1 Å². The first-order valence-electron chi connectivity index (χ1n) is 9.41. The van der Waals surface area contributed by atoms with E-state index >= 15 is 0 Å². The molecule has 0 spiro atoms. The summed E-state index contributed by atoms with van der Waals surface area (Å²) in [6, 6.07) is 2.56. The van der Waals surface area contributed by atoms with Gasteiger partial charge in [-0.1, -0.05) is 0 Å². The number of hydrogen-bond donors (Lipinski definition) is 2. The number of amides is 2. The zero-order chi connectivity index (χ0) is 20.6. The van der Waals surface area contributed by atoms with Crippen molar-refractivity contribution in [2.45, 2.75) is 31.4 Å². The first kappa shape index (κ1) is 21.0. The van der Waals surface area contributed by atoms with Gasteiger partial charge in [-0.2, -0.15) is 0 Å². The molecule has 0 bridgehead atoms. The molecule has 2 saturated heterocycles. The Morgan fingerprint density at radius 1 is 1.45 bits per heavy atom. The molecule has 0 radical (unpaired) electrons. The number of ether oxygens (including phenoxy) is 2. The van der Waals surface area contributed by atoms with Crippen LogP contribution < -0.4 is 10.6 Å². The van der Waals surface area contributed by atoms with Gasteiger partial charge in [0.05, 0.1) is 18.8 Å². The normalized spacial score (nSPS) is 21.8. The van der Waals surface area contributed by atoms with E-state index in [1.807, 2.05) is 0 Å². The molecule has 29 heavy (non-hydrogen) atoms. The molecule has 2 N–H and O–H groups in total. The Bertz CT molecular complexity index is 773. The Labute approximate surface area is 173 Å². The SMILES string of the molecule is O=C(/C=C/c1ccco1)NC(=S)N1CCNC(=O)C1CC(=O)OCC1CCCO1. The number of hydrogen-bond acceptors (Lipinski definition) is 7. The fraction of sp³-hybridized carbons (Fsp3) is 0.474. The maximum atomic E-state index is 12.3. The van der Waals surface area contributed by atoms with Gasteiger partial charge in [0.15, 0.2) is 5.11 Å². The lowest BCUT2D eigenvalue weighted by molar-refractivity contribution is -0.150. The molecule has 0 aliphatic carbocycles. The van der Waals surface area contributed by atoms with Crippen LogP contribution >= 0.6 is 12.2 Å². The van der Waals surface area contributed by atoms with Crippen LogP contribution in [0.15, 0.2) is 28.9 Å². The summed E-state index contributed by atoms with van der Waals surface area (Å²) in [5, 5.41) is 5.33. The van der Waals surface area contributed by atoms with Crippen molar-refractivity contribution in [2.24, 2.45) is 0 Å². The van der Waals surface area contributed by atoms with E-state index in [1.54, 1.807) is 12.1 Å². The molecular weight excluding hydrogens is 398 g/mol. The average Bonchev–Trinajstić information content (AvgIpc) is 3.40. The van der Waals surface area contributed by atoms with E-state index in [-0.39, 0.29) is 30.2 Å². The number of nitrogens with one attached hydrogen (secondary N) is 2. The van der Waals surface area contributed by atoms with Gasteiger partial charge in [0.2, 0.25) is 11.8 Å². The average molecular weight is 421 g/mol. The number of rotatable bonds is 6. The molecule has 9 nitrogen and oxygen atoms in total. The number of piperazine rings is 1. The molecule has 2 aliphatic heterocycles. The number of carbonyl (C=O) groups excluding carboxylic acids is 3. The molecule has 2 amide bonds. The van der Waals surface area contributed by atoms with Gasteiger partial charge in [-0.05, 0) is 43.3 Å². The third-order valence-corrected chi connectivity index (χ3v) is 4.91. The van der Waals surface area contributed by atoms with Gasteiger partial charge in [0.25, 0.3) is 0 Å². The van der Waals surface area contributed by atoms with E-state index in [9.17, 15) is 14.4 Å². The van der Waals surface area contributed by atoms with Crippen LogP contribution in [-0.2, 0) is 23.9 Å². The van der Waals surface area contributed by atoms with Crippen molar-refractivity contribution in [1.82, 2.24) is 15.5 Å². The molecule has 1 aromatic heterocycles. The summed E-state index contributed by atoms with van der Waals surface area (Å²) in [4.78, 5) is 38.1. The summed E-state index contributed by atoms with van der Waals surface area (Å²) in [6.45, 7) is 1.57. The lowest BCUT2D eigenvalue weighted by Gasteiger charge is -2.36. The van der Waals surface area contributed by atoms with E-state index in [0.717, 1.165) is 12.8 Å². The highest BCUT2D eigenvalue weighted by atomic mass is 32.1. The van der Waals surface area contributed by atoms with Crippen molar-refractivity contribution in [3.05, 3.63) is 30.2 Å². The Hall–Kier alpha value is -2.72. The van der Waals surface area contributed by atoms with Gasteiger partial charge in [0, 0.05) is 25.8 Å². The van der Waals surface area contributed by atoms with E-state index < -0.39 is 17.9 Å². The van der Waals surface area contributed by atoms with Gasteiger partial charge in [-0.25, -0.2) is 0 Å². The van der Waals surface area contributed by atoms with Crippen LogP contribution in [0.1, 0.15) is 25.0 Å². The predicted octanol–water partition coefficient (Wildman–Crippen LogP) is 0.607. The largest absolute Gasteiger partial charge is 0.465 e. The topological polar surface area (TPSA) is 110 Å². The van der Waals surface area contributed by atoms with Crippen molar-refractivity contribution in [3.8, 4) is 0 Å². The van der Waals surface area contributed by atoms with E-state index in [1.165, 1.54) is 23.3 Å². The summed E-state index contributed by atoms with van der Waals surface area (Å²) < 4.78 is 15.8. The zero-order valence-corrected chi connectivity index (χ0v) is 16.6. The number of nitrogens with zero attached hydrogens (tertiary/aromatic N) is 1. The highest BCUT2D eigenvalue weighted by molar-refractivity contribution is 7.80. The minimum atomic E-state index is -0.845. The van der Waals surface area contributed by atoms with E-state index in [2.05, 4.69) is 10.6 Å². The van der Waals surface area contributed by atoms with Gasteiger partial charge in [-0.15, -0.1) is 0 Å². The first-order valence-corrected chi connectivity index (χ1v) is 9.82. The van der Waals surface area contributed by atoms with Crippen molar-refractivity contribution >= 4 is 41.2 Å². The standard InChI is InChI=1S/C19H23N3O6S/c23-16(6-5-13-3-1-9-26-13)21-19(29)22-8-7-20-18(25)15(22)11-17(24)28-12-14-4-2-10-27-14/h1,3,5-6,9,14-15H,2,4,7-8,10-12H2,(H,20,25)(H,21,23,29)/b6-5+. The predicted molar refractivity (Wildman–Crippen MR) is 107 cm³/mol. The van der Waals surface area contributed by atoms with Crippen molar-refractivity contribution < 1.29 is 28.3 Å². The molecule has 1 aromatic rings. The Kier molecular flexibility index (Phi) is 7.36. The van der Waals surface area contributed by atoms with Crippen molar-refractivity contribution in [1.29, 1.82) is 0 Å². The van der Waals surface area contributed by atoms with Crippen LogP contribution in [0.2, 0.25) is 0 Å². The minimum absolute atomic E-state index is 0.0749. The number of carbonyl (C=O) groups is 3. The van der Waals surface area contributed by atoms with Crippen LogP contribution in [0.4, 0.5) is 0 Å². The quantitative estimate of drug-likeness (QED) is 0.391. The molecule has 2 unspecified atom stereocenters. The fourth-order valence-electron chi connectivity index (χ4n) is 3.10. The Balaban J connectivity index is 1.53. The Morgan fingerprint density at radius 2 is 2.31 bits per heavy atom. The minimum Gasteiger partial charge on any atom is -0.465 e. The third-order valence-electron chi connectivity index (χ3n) is 4.58. The molecule has 2 fully saturated rings. The zero-order valence-electron chi connectivity index (χ0n) is 15.8. The number of esters is 1. The molecule has 3 rings (SSSR count). The number of thiocarbonyl (C=S) groups is 1. The van der Waals surface area contributed by atoms with Crippen LogP contribution in [-0.4, -0.2) is 66.2 Å². The van der Waals surface area contributed by atoms with Crippen LogP contribution in [0, 0.1) is 0 Å². The summed E-state index contributed by atoms with van der Waals surface area (Å²) in [7, 11) is 0. The van der Waals surface area contributed by atoms with E-state index in [4.69, 9.17) is 26.1 Å². The van der Waals surface area contributed by atoms with E-state index in [0.29, 0.717) is 25.5 Å². The molecule has 2 aliphatic rings. The lowest BCUT2D eigenvalue weighted by atomic mass is 10.1. The molecule has 3 heterocycles. The lowest BCUT2D eigenvalue weighted by Crippen LogP contribution is -2.60.